The van der Waals surface area contributed by atoms with Gasteiger partial charge in [0.2, 0.25) is 0 Å². The van der Waals surface area contributed by atoms with E-state index in [2.05, 4.69) is 16.6 Å². The number of rotatable bonds is 1. The van der Waals surface area contributed by atoms with Crippen molar-refractivity contribution in [3.63, 3.8) is 0 Å². The van der Waals surface area contributed by atoms with Crippen LogP contribution in [0.4, 0.5) is 0 Å². The predicted molar refractivity (Wildman–Crippen MR) is 49.0 cm³/mol. The Morgan fingerprint density at radius 2 is 1.92 bits per heavy atom. The van der Waals surface area contributed by atoms with E-state index in [9.17, 15) is 0 Å². The Morgan fingerprint density at radius 1 is 1.15 bits per heavy atom. The Kier molecular flexibility index (Phi) is 1.81. The maximum atomic E-state index is 8.58. The first-order chi connectivity index (χ1) is 6.40. The molecule has 0 atom stereocenters. The molecule has 0 bridgehead atoms. The summed E-state index contributed by atoms with van der Waals surface area (Å²) >= 11 is 0. The molecule has 0 aliphatic carbocycles. The fourth-order valence-electron chi connectivity index (χ4n) is 1.10. The fraction of sp³-hybridized carbons (Fsp3) is 0. The quantitative estimate of drug-likeness (QED) is 0.625. The number of hydrogen-bond acceptors (Lipinski definition) is 2. The maximum Gasteiger partial charge on any atom is 0.0991 e. The lowest BCUT2D eigenvalue weighted by Crippen LogP contribution is -1.93. The third-order valence-electron chi connectivity index (χ3n) is 1.77. The highest BCUT2D eigenvalue weighted by molar-refractivity contribution is 6.09. The molecule has 3 nitrogen and oxygen atoms in total. The van der Waals surface area contributed by atoms with E-state index in [1.165, 1.54) is 0 Å². The lowest BCUT2D eigenvalue weighted by atomic mass is 10.1. The van der Waals surface area contributed by atoms with Gasteiger partial charge < -0.3 is 0 Å². The minimum absolute atomic E-state index is 0.656. The van der Waals surface area contributed by atoms with Crippen molar-refractivity contribution in [2.24, 2.45) is 5.10 Å². The van der Waals surface area contributed by atoms with Crippen LogP contribution in [0.5, 0.6) is 0 Å². The molecule has 0 N–H and O–H groups in total. The van der Waals surface area contributed by atoms with Gasteiger partial charge in [0, 0.05) is 5.56 Å². The van der Waals surface area contributed by atoms with Crippen LogP contribution in [0, 0.1) is 11.3 Å². The van der Waals surface area contributed by atoms with Gasteiger partial charge in [0.05, 0.1) is 23.5 Å². The van der Waals surface area contributed by atoms with E-state index in [1.807, 2.05) is 18.2 Å². The molecule has 61 valence electrons. The van der Waals surface area contributed by atoms with Gasteiger partial charge in [-0.15, -0.1) is 0 Å². The first-order valence-electron chi connectivity index (χ1n) is 3.85. The van der Waals surface area contributed by atoms with E-state index in [1.54, 1.807) is 18.3 Å². The SMILES string of the molecule is N#Cc1ccc(C2=N[N]C=C2)cc1. The zero-order chi connectivity index (χ0) is 9.10. The highest BCUT2D eigenvalue weighted by atomic mass is 15.3. The molecular formula is C10H6N3. The van der Waals surface area contributed by atoms with Gasteiger partial charge in [0.25, 0.3) is 0 Å². The summed E-state index contributed by atoms with van der Waals surface area (Å²) in [6.07, 6.45) is 3.48. The van der Waals surface area contributed by atoms with Gasteiger partial charge in [-0.3, -0.25) is 0 Å². The maximum absolute atomic E-state index is 8.58. The van der Waals surface area contributed by atoms with Crippen molar-refractivity contribution >= 4 is 5.71 Å². The van der Waals surface area contributed by atoms with Crippen LogP contribution in [0.15, 0.2) is 41.6 Å². The summed E-state index contributed by atoms with van der Waals surface area (Å²) in [6.45, 7) is 0. The number of nitriles is 1. The van der Waals surface area contributed by atoms with Crippen LogP contribution in [0.3, 0.4) is 0 Å². The molecule has 1 aliphatic heterocycles. The minimum atomic E-state index is 0.656. The molecule has 1 heterocycles. The number of benzene rings is 1. The van der Waals surface area contributed by atoms with Gasteiger partial charge in [0.1, 0.15) is 0 Å². The molecule has 2 rings (SSSR count). The molecule has 3 heteroatoms. The third kappa shape index (κ3) is 1.42. The largest absolute Gasteiger partial charge is 0.192 e. The number of nitrogens with zero attached hydrogens (tertiary/aromatic N) is 3. The molecule has 0 aromatic heterocycles. The standard InChI is InChI=1S/C10H6N3/c11-7-8-1-3-9(4-2-8)10-5-6-12-13-10/h1-6H. The molecular weight excluding hydrogens is 162 g/mol. The summed E-state index contributed by atoms with van der Waals surface area (Å²) in [5.74, 6) is 0. The second kappa shape index (κ2) is 3.11. The van der Waals surface area contributed by atoms with Crippen LogP contribution in [-0.2, 0) is 0 Å². The Morgan fingerprint density at radius 3 is 2.46 bits per heavy atom. The van der Waals surface area contributed by atoms with Crippen molar-refractivity contribution < 1.29 is 0 Å². The Bertz CT molecular complexity index is 407. The number of hydrogen-bond donors (Lipinski definition) is 0. The van der Waals surface area contributed by atoms with Gasteiger partial charge in [-0.1, -0.05) is 12.1 Å². The van der Waals surface area contributed by atoms with Gasteiger partial charge in [-0.25, -0.2) is 0 Å². The van der Waals surface area contributed by atoms with Crippen LogP contribution >= 0.6 is 0 Å². The highest BCUT2D eigenvalue weighted by Crippen LogP contribution is 2.07. The van der Waals surface area contributed by atoms with Crippen molar-refractivity contribution in [3.05, 3.63) is 47.7 Å². The minimum Gasteiger partial charge on any atom is -0.192 e. The smallest absolute Gasteiger partial charge is 0.0991 e. The van der Waals surface area contributed by atoms with Gasteiger partial charge >= 0.3 is 0 Å². The molecule has 0 unspecified atom stereocenters. The average Bonchev–Trinajstić information content (AvgIpc) is 2.71. The van der Waals surface area contributed by atoms with Crippen molar-refractivity contribution in [1.29, 1.82) is 5.26 Å². The molecule has 13 heavy (non-hydrogen) atoms. The van der Waals surface area contributed by atoms with Gasteiger partial charge in [-0.05, 0) is 18.2 Å². The fourth-order valence-corrected chi connectivity index (χ4v) is 1.10. The summed E-state index contributed by atoms with van der Waals surface area (Å²) in [4.78, 5) is 0. The Labute approximate surface area is 76.0 Å². The summed E-state index contributed by atoms with van der Waals surface area (Å²) in [7, 11) is 0. The van der Waals surface area contributed by atoms with E-state index >= 15 is 0 Å². The molecule has 1 aromatic rings. The zero-order valence-corrected chi connectivity index (χ0v) is 6.81. The molecule has 1 aliphatic rings. The van der Waals surface area contributed by atoms with E-state index in [0.29, 0.717) is 5.56 Å². The molecule has 1 aromatic carbocycles. The van der Waals surface area contributed by atoms with Crippen LogP contribution in [-0.4, -0.2) is 5.71 Å². The summed E-state index contributed by atoms with van der Waals surface area (Å²) in [5, 5.41) is 12.5. The predicted octanol–water partition coefficient (Wildman–Crippen LogP) is 1.39. The third-order valence-corrected chi connectivity index (χ3v) is 1.77. The first-order valence-corrected chi connectivity index (χ1v) is 3.85. The lowest BCUT2D eigenvalue weighted by Gasteiger charge is -1.95. The molecule has 0 spiro atoms. The van der Waals surface area contributed by atoms with E-state index in [4.69, 9.17) is 5.26 Å². The van der Waals surface area contributed by atoms with Crippen LogP contribution in [0.2, 0.25) is 0 Å². The molecule has 0 amide bonds. The second-order valence-electron chi connectivity index (χ2n) is 2.61. The van der Waals surface area contributed by atoms with Crippen molar-refractivity contribution in [2.75, 3.05) is 0 Å². The Hall–Kier alpha value is -2.08. The molecule has 1 radical (unpaired) electrons. The van der Waals surface area contributed by atoms with Gasteiger partial charge in [0.15, 0.2) is 0 Å². The van der Waals surface area contributed by atoms with E-state index in [-0.39, 0.29) is 0 Å². The zero-order valence-electron chi connectivity index (χ0n) is 6.81. The van der Waals surface area contributed by atoms with Crippen molar-refractivity contribution in [3.8, 4) is 6.07 Å². The lowest BCUT2D eigenvalue weighted by molar-refractivity contribution is 0.972. The number of allylic oxidation sites excluding steroid dienone is 1. The highest BCUT2D eigenvalue weighted by Gasteiger charge is 2.03. The normalized spacial score (nSPS) is 13.3. The molecule has 0 fully saturated rings. The van der Waals surface area contributed by atoms with Crippen molar-refractivity contribution in [1.82, 2.24) is 5.43 Å². The average molecular weight is 168 g/mol. The first kappa shape index (κ1) is 7.56. The summed E-state index contributed by atoms with van der Waals surface area (Å²) < 4.78 is 0. The molecule has 0 saturated carbocycles. The molecule has 0 saturated heterocycles. The second-order valence-corrected chi connectivity index (χ2v) is 2.61. The van der Waals surface area contributed by atoms with Gasteiger partial charge in [-0.2, -0.15) is 15.8 Å². The van der Waals surface area contributed by atoms with Crippen LogP contribution < -0.4 is 5.43 Å². The van der Waals surface area contributed by atoms with E-state index < -0.39 is 0 Å². The summed E-state index contributed by atoms with van der Waals surface area (Å²) in [5.41, 5.74) is 6.20. The monoisotopic (exact) mass is 168 g/mol. The van der Waals surface area contributed by atoms with Crippen LogP contribution in [0.1, 0.15) is 11.1 Å². The van der Waals surface area contributed by atoms with Crippen LogP contribution in [0.25, 0.3) is 0 Å². The topological polar surface area (TPSA) is 50.2 Å². The van der Waals surface area contributed by atoms with Crippen molar-refractivity contribution in [2.45, 2.75) is 0 Å². The summed E-state index contributed by atoms with van der Waals surface area (Å²) in [6, 6.07) is 9.33. The Balaban J connectivity index is 2.34. The van der Waals surface area contributed by atoms with E-state index in [0.717, 1.165) is 11.3 Å².